The molecule has 0 aliphatic carbocycles. The van der Waals surface area contributed by atoms with Gasteiger partial charge in [0.05, 0.1) is 0 Å². The van der Waals surface area contributed by atoms with E-state index in [0.29, 0.717) is 23.6 Å². The fourth-order valence-electron chi connectivity index (χ4n) is 2.07. The number of aliphatic hydroxyl groups is 1. The van der Waals surface area contributed by atoms with Crippen molar-refractivity contribution in [2.45, 2.75) is 12.0 Å². The van der Waals surface area contributed by atoms with E-state index in [2.05, 4.69) is 0 Å². The molecule has 0 aromatic heterocycles. The van der Waals surface area contributed by atoms with Crippen LogP contribution in [0.5, 0.6) is 0 Å². The van der Waals surface area contributed by atoms with Gasteiger partial charge < -0.3 is 10.0 Å². The van der Waals surface area contributed by atoms with E-state index in [1.807, 2.05) is 11.9 Å². The van der Waals surface area contributed by atoms with Crippen LogP contribution >= 0.6 is 11.6 Å². The monoisotopic (exact) mass is 229 g/mol. The predicted molar refractivity (Wildman–Crippen MR) is 57.4 cm³/mol. The molecule has 0 radical (unpaired) electrons. The van der Waals surface area contributed by atoms with Crippen LogP contribution in [0.3, 0.4) is 0 Å². The number of halogens is 2. The molecule has 0 saturated carbocycles. The smallest absolute Gasteiger partial charge is 0.124 e. The van der Waals surface area contributed by atoms with E-state index in [1.165, 1.54) is 12.1 Å². The van der Waals surface area contributed by atoms with E-state index in [0.717, 1.165) is 6.54 Å². The predicted octanol–water partition coefficient (Wildman–Crippen LogP) is 2.00. The van der Waals surface area contributed by atoms with Crippen LogP contribution in [0.2, 0.25) is 5.02 Å². The Morgan fingerprint density at radius 1 is 1.53 bits per heavy atom. The van der Waals surface area contributed by atoms with Gasteiger partial charge >= 0.3 is 0 Å². The fraction of sp³-hybridized carbons (Fsp3) is 0.455. The summed E-state index contributed by atoms with van der Waals surface area (Å²) in [5.74, 6) is -0.376. The highest BCUT2D eigenvalue weighted by Gasteiger charge is 2.37. The van der Waals surface area contributed by atoms with Crippen molar-refractivity contribution >= 4 is 11.6 Å². The zero-order chi connectivity index (χ0) is 11.1. The maximum absolute atomic E-state index is 12.9. The van der Waals surface area contributed by atoms with E-state index >= 15 is 0 Å². The molecule has 1 unspecified atom stereocenters. The van der Waals surface area contributed by atoms with Crippen molar-refractivity contribution in [1.82, 2.24) is 4.90 Å². The Bertz CT molecular complexity index is 385. The zero-order valence-electron chi connectivity index (χ0n) is 8.50. The summed E-state index contributed by atoms with van der Waals surface area (Å²) in [7, 11) is 1.94. The van der Waals surface area contributed by atoms with Crippen molar-refractivity contribution in [1.29, 1.82) is 0 Å². The van der Waals surface area contributed by atoms with Crippen molar-refractivity contribution in [2.24, 2.45) is 0 Å². The van der Waals surface area contributed by atoms with E-state index in [1.54, 1.807) is 6.07 Å². The number of β-amino-alcohol motifs (C(OH)–C–C–N with tert-alkyl or cyclic N) is 1. The van der Waals surface area contributed by atoms with Gasteiger partial charge in [-0.05, 0) is 25.6 Å². The first-order valence-electron chi connectivity index (χ1n) is 4.88. The third kappa shape index (κ3) is 2.00. The van der Waals surface area contributed by atoms with E-state index < -0.39 is 5.60 Å². The second kappa shape index (κ2) is 3.74. The minimum absolute atomic E-state index is 0.299. The Morgan fingerprint density at radius 2 is 2.27 bits per heavy atom. The minimum Gasteiger partial charge on any atom is -0.384 e. The highest BCUT2D eigenvalue weighted by molar-refractivity contribution is 6.31. The largest absolute Gasteiger partial charge is 0.384 e. The Morgan fingerprint density at radius 3 is 2.80 bits per heavy atom. The van der Waals surface area contributed by atoms with Gasteiger partial charge in [-0.3, -0.25) is 0 Å². The van der Waals surface area contributed by atoms with Gasteiger partial charge in [-0.15, -0.1) is 0 Å². The van der Waals surface area contributed by atoms with Crippen molar-refractivity contribution in [3.8, 4) is 0 Å². The summed E-state index contributed by atoms with van der Waals surface area (Å²) in [6.07, 6.45) is 0.634. The molecule has 1 N–H and O–H groups in total. The number of benzene rings is 1. The van der Waals surface area contributed by atoms with Crippen LogP contribution in [0.4, 0.5) is 4.39 Å². The van der Waals surface area contributed by atoms with Crippen LogP contribution in [-0.2, 0) is 5.60 Å². The molecule has 2 nitrogen and oxygen atoms in total. The summed E-state index contributed by atoms with van der Waals surface area (Å²) in [5, 5.41) is 10.7. The number of likely N-dealkylation sites (N-methyl/N-ethyl adjacent to an activating group) is 1. The van der Waals surface area contributed by atoms with Gasteiger partial charge in [-0.2, -0.15) is 0 Å². The summed E-state index contributed by atoms with van der Waals surface area (Å²) in [5.41, 5.74) is -0.311. The number of rotatable bonds is 1. The Hall–Kier alpha value is -0.640. The van der Waals surface area contributed by atoms with Crippen LogP contribution in [-0.4, -0.2) is 30.1 Å². The highest BCUT2D eigenvalue weighted by Crippen LogP contribution is 2.35. The van der Waals surface area contributed by atoms with Crippen LogP contribution in [0, 0.1) is 5.82 Å². The van der Waals surface area contributed by atoms with E-state index in [-0.39, 0.29) is 5.82 Å². The molecule has 0 amide bonds. The van der Waals surface area contributed by atoms with Crippen LogP contribution in [0.25, 0.3) is 0 Å². The number of nitrogens with zero attached hydrogens (tertiary/aromatic N) is 1. The molecule has 1 aromatic carbocycles. The fourth-order valence-corrected chi connectivity index (χ4v) is 2.41. The van der Waals surface area contributed by atoms with Crippen molar-refractivity contribution in [2.75, 3.05) is 20.1 Å². The molecule has 1 aliphatic heterocycles. The first-order chi connectivity index (χ1) is 7.01. The van der Waals surface area contributed by atoms with E-state index in [4.69, 9.17) is 11.6 Å². The van der Waals surface area contributed by atoms with Crippen LogP contribution in [0.15, 0.2) is 18.2 Å². The summed E-state index contributed by atoms with van der Waals surface area (Å²) in [4.78, 5) is 2.03. The van der Waals surface area contributed by atoms with Crippen molar-refractivity contribution < 1.29 is 9.50 Å². The molecule has 0 spiro atoms. The van der Waals surface area contributed by atoms with Gasteiger partial charge in [0, 0.05) is 23.7 Å². The molecule has 1 atom stereocenters. The third-order valence-corrected chi connectivity index (χ3v) is 3.18. The van der Waals surface area contributed by atoms with E-state index in [9.17, 15) is 9.50 Å². The SMILES string of the molecule is CN1CCC(O)(c2ccc(F)cc2Cl)C1. The summed E-state index contributed by atoms with van der Waals surface area (Å²) < 4.78 is 12.9. The molecule has 15 heavy (non-hydrogen) atoms. The average Bonchev–Trinajstić information content (AvgIpc) is 2.46. The Labute approximate surface area is 93.3 Å². The Balaban J connectivity index is 2.37. The quantitative estimate of drug-likeness (QED) is 0.796. The molecule has 1 saturated heterocycles. The first kappa shape index (κ1) is 10.9. The molecule has 1 aromatic rings. The molecule has 1 heterocycles. The highest BCUT2D eigenvalue weighted by atomic mass is 35.5. The maximum atomic E-state index is 12.9. The normalized spacial score (nSPS) is 27.2. The molecular formula is C11H13ClFNO. The van der Waals surface area contributed by atoms with Gasteiger partial charge in [0.1, 0.15) is 11.4 Å². The van der Waals surface area contributed by atoms with Crippen LogP contribution in [0.1, 0.15) is 12.0 Å². The standard InChI is InChI=1S/C11H13ClFNO/c1-14-5-4-11(15,7-14)9-3-2-8(13)6-10(9)12/h2-3,6,15H,4-5,7H2,1H3. The van der Waals surface area contributed by atoms with Gasteiger partial charge in [0.15, 0.2) is 0 Å². The molecule has 4 heteroatoms. The Kier molecular flexibility index (Phi) is 2.71. The number of likely N-dealkylation sites (tertiary alicyclic amines) is 1. The summed E-state index contributed by atoms with van der Waals surface area (Å²) in [6, 6.07) is 4.14. The molecule has 1 fully saturated rings. The van der Waals surface area contributed by atoms with Gasteiger partial charge in [0.2, 0.25) is 0 Å². The van der Waals surface area contributed by atoms with Gasteiger partial charge in [-0.1, -0.05) is 17.7 Å². The van der Waals surface area contributed by atoms with Crippen molar-refractivity contribution in [3.63, 3.8) is 0 Å². The summed E-state index contributed by atoms with van der Waals surface area (Å²) >= 11 is 5.93. The van der Waals surface area contributed by atoms with Gasteiger partial charge in [0.25, 0.3) is 0 Å². The van der Waals surface area contributed by atoms with Gasteiger partial charge in [-0.25, -0.2) is 4.39 Å². The second-order valence-electron chi connectivity index (χ2n) is 4.14. The second-order valence-corrected chi connectivity index (χ2v) is 4.55. The first-order valence-corrected chi connectivity index (χ1v) is 5.25. The molecular weight excluding hydrogens is 217 g/mol. The lowest BCUT2D eigenvalue weighted by molar-refractivity contribution is 0.0489. The lowest BCUT2D eigenvalue weighted by Gasteiger charge is -2.24. The third-order valence-electron chi connectivity index (χ3n) is 2.87. The summed E-state index contributed by atoms with van der Waals surface area (Å²) in [6.45, 7) is 1.36. The molecule has 2 rings (SSSR count). The van der Waals surface area contributed by atoms with Crippen LogP contribution < -0.4 is 0 Å². The number of hydrogen-bond acceptors (Lipinski definition) is 2. The lowest BCUT2D eigenvalue weighted by atomic mass is 9.93. The zero-order valence-corrected chi connectivity index (χ0v) is 9.26. The molecule has 0 bridgehead atoms. The average molecular weight is 230 g/mol. The topological polar surface area (TPSA) is 23.5 Å². The number of hydrogen-bond donors (Lipinski definition) is 1. The minimum atomic E-state index is -0.931. The van der Waals surface area contributed by atoms with Crippen molar-refractivity contribution in [3.05, 3.63) is 34.6 Å². The lowest BCUT2D eigenvalue weighted by Crippen LogP contribution is -2.29. The molecule has 1 aliphatic rings. The molecule has 82 valence electrons. The maximum Gasteiger partial charge on any atom is 0.124 e.